The number of carbonyl (C=O) groups excluding carboxylic acids is 1. The Morgan fingerprint density at radius 3 is 2.50 bits per heavy atom. The van der Waals surface area contributed by atoms with E-state index in [-0.39, 0.29) is 19.2 Å². The molecule has 24 heavy (non-hydrogen) atoms. The van der Waals surface area contributed by atoms with Crippen molar-refractivity contribution < 1.29 is 24.2 Å². The Hall–Kier alpha value is -1.60. The summed E-state index contributed by atoms with van der Waals surface area (Å²) in [5.41, 5.74) is 0.394. The number of carboxylic acids is 1. The number of ether oxygens (including phenoxy) is 2. The average Bonchev–Trinajstić information content (AvgIpc) is 2.48. The van der Waals surface area contributed by atoms with E-state index in [1.54, 1.807) is 20.8 Å². The van der Waals surface area contributed by atoms with E-state index in [1.807, 2.05) is 24.3 Å². The molecule has 0 aromatic heterocycles. The second-order valence-electron chi connectivity index (χ2n) is 6.78. The zero-order valence-corrected chi connectivity index (χ0v) is 15.6. The van der Waals surface area contributed by atoms with Gasteiger partial charge in [0.15, 0.2) is 6.10 Å². The van der Waals surface area contributed by atoms with Crippen molar-refractivity contribution in [2.75, 3.05) is 13.2 Å². The number of hydrogen-bond acceptors (Lipinski definition) is 4. The number of carbonyl (C=O) groups is 2. The van der Waals surface area contributed by atoms with Crippen molar-refractivity contribution in [3.05, 3.63) is 34.3 Å². The third-order valence-electron chi connectivity index (χ3n) is 3.58. The topological polar surface area (TPSA) is 76.1 Å². The van der Waals surface area contributed by atoms with E-state index in [0.717, 1.165) is 10.0 Å². The van der Waals surface area contributed by atoms with Crippen molar-refractivity contribution in [1.29, 1.82) is 0 Å². The summed E-state index contributed by atoms with van der Waals surface area (Å²) in [7, 11) is 0. The van der Waals surface area contributed by atoms with Crippen LogP contribution in [0, 0.1) is 0 Å². The van der Waals surface area contributed by atoms with Crippen LogP contribution in [0.1, 0.15) is 26.3 Å². The van der Waals surface area contributed by atoms with E-state index in [4.69, 9.17) is 14.6 Å². The number of halogens is 1. The highest BCUT2D eigenvalue weighted by atomic mass is 79.9. The average molecular weight is 400 g/mol. The molecule has 0 spiro atoms. The molecule has 2 rings (SSSR count). The largest absolute Gasteiger partial charge is 0.479 e. The smallest absolute Gasteiger partial charge is 0.410 e. The molecule has 1 aliphatic rings. The molecule has 1 amide bonds. The predicted octanol–water partition coefficient (Wildman–Crippen LogP) is 3.08. The number of hydrogen-bond donors (Lipinski definition) is 1. The summed E-state index contributed by atoms with van der Waals surface area (Å²) in [5.74, 6) is -1.08. The molecule has 1 saturated heterocycles. The molecule has 0 radical (unpaired) electrons. The van der Waals surface area contributed by atoms with Crippen LogP contribution < -0.4 is 0 Å². The van der Waals surface area contributed by atoms with Crippen molar-refractivity contribution in [2.24, 2.45) is 0 Å². The van der Waals surface area contributed by atoms with Gasteiger partial charge in [-0.15, -0.1) is 0 Å². The van der Waals surface area contributed by atoms with E-state index < -0.39 is 23.8 Å². The number of carboxylic acid groups (broad SMARTS) is 1. The summed E-state index contributed by atoms with van der Waals surface area (Å²) in [4.78, 5) is 25.2. The Bertz CT molecular complexity index is 596. The maximum Gasteiger partial charge on any atom is 0.410 e. The lowest BCUT2D eigenvalue weighted by Gasteiger charge is -2.39. The Balaban J connectivity index is 2.15. The first kappa shape index (κ1) is 18.7. The fraction of sp³-hybridized carbons (Fsp3) is 0.529. The van der Waals surface area contributed by atoms with Gasteiger partial charge in [0.2, 0.25) is 0 Å². The van der Waals surface area contributed by atoms with Crippen LogP contribution in [0.4, 0.5) is 4.79 Å². The quantitative estimate of drug-likeness (QED) is 0.844. The van der Waals surface area contributed by atoms with Crippen molar-refractivity contribution in [1.82, 2.24) is 4.90 Å². The van der Waals surface area contributed by atoms with Gasteiger partial charge in [-0.2, -0.15) is 0 Å². The van der Waals surface area contributed by atoms with Gasteiger partial charge in [0, 0.05) is 4.47 Å². The van der Waals surface area contributed by atoms with Gasteiger partial charge in [0.05, 0.1) is 19.2 Å². The summed E-state index contributed by atoms with van der Waals surface area (Å²) in [6.45, 7) is 5.48. The number of rotatable bonds is 3. The van der Waals surface area contributed by atoms with Crippen LogP contribution in [0.25, 0.3) is 0 Å². The minimum absolute atomic E-state index is 0.0224. The zero-order chi connectivity index (χ0) is 17.9. The van der Waals surface area contributed by atoms with E-state index in [2.05, 4.69) is 15.9 Å². The predicted molar refractivity (Wildman–Crippen MR) is 91.9 cm³/mol. The third-order valence-corrected chi connectivity index (χ3v) is 4.11. The van der Waals surface area contributed by atoms with Crippen LogP contribution in [-0.2, 0) is 20.7 Å². The van der Waals surface area contributed by atoms with E-state index in [1.165, 1.54) is 4.90 Å². The van der Waals surface area contributed by atoms with E-state index >= 15 is 0 Å². The lowest BCUT2D eigenvalue weighted by atomic mass is 10.0. The molecule has 1 N–H and O–H groups in total. The van der Waals surface area contributed by atoms with E-state index in [9.17, 15) is 9.59 Å². The Kier molecular flexibility index (Phi) is 5.87. The highest BCUT2D eigenvalue weighted by molar-refractivity contribution is 9.10. The summed E-state index contributed by atoms with van der Waals surface area (Å²) < 4.78 is 11.8. The maximum atomic E-state index is 12.5. The Morgan fingerprint density at radius 2 is 1.96 bits per heavy atom. The first-order valence-electron chi connectivity index (χ1n) is 7.74. The summed E-state index contributed by atoms with van der Waals surface area (Å²) in [6, 6.07) is 7.51. The van der Waals surface area contributed by atoms with Gasteiger partial charge in [0.1, 0.15) is 5.60 Å². The Morgan fingerprint density at radius 1 is 1.33 bits per heavy atom. The highest BCUT2D eigenvalue weighted by Gasteiger charge is 2.37. The first-order valence-corrected chi connectivity index (χ1v) is 8.53. The van der Waals surface area contributed by atoms with Crippen molar-refractivity contribution in [2.45, 2.75) is 44.9 Å². The first-order chi connectivity index (χ1) is 11.2. The normalized spacial score (nSPS) is 21.4. The van der Waals surface area contributed by atoms with Crippen LogP contribution in [0.2, 0.25) is 0 Å². The number of benzene rings is 1. The molecule has 2 unspecified atom stereocenters. The molecule has 0 saturated carbocycles. The minimum Gasteiger partial charge on any atom is -0.479 e. The zero-order valence-electron chi connectivity index (χ0n) is 14.0. The van der Waals surface area contributed by atoms with Gasteiger partial charge in [-0.25, -0.2) is 9.59 Å². The molecule has 1 fully saturated rings. The van der Waals surface area contributed by atoms with Crippen LogP contribution in [0.3, 0.4) is 0 Å². The second-order valence-corrected chi connectivity index (χ2v) is 7.69. The summed E-state index contributed by atoms with van der Waals surface area (Å²) in [6.07, 6.45) is -0.975. The standard InChI is InChI=1S/C17H22BrNO5/c1-17(2,3)24-16(22)19-9-14(15(20)21)23-10-13(19)8-11-4-6-12(18)7-5-11/h4-7,13-14H,8-10H2,1-3H3,(H,20,21). The molecule has 7 heteroatoms. The SMILES string of the molecule is CC(C)(C)OC(=O)N1CC(C(=O)O)OCC1Cc1ccc(Br)cc1. The number of nitrogens with zero attached hydrogens (tertiary/aromatic N) is 1. The van der Waals surface area contributed by atoms with Gasteiger partial charge in [-0.1, -0.05) is 28.1 Å². The highest BCUT2D eigenvalue weighted by Crippen LogP contribution is 2.21. The second kappa shape index (κ2) is 7.53. The summed E-state index contributed by atoms with van der Waals surface area (Å²) >= 11 is 3.39. The van der Waals surface area contributed by atoms with Crippen molar-refractivity contribution in [3.8, 4) is 0 Å². The number of morpholine rings is 1. The van der Waals surface area contributed by atoms with Crippen molar-refractivity contribution >= 4 is 28.0 Å². The number of amides is 1. The lowest BCUT2D eigenvalue weighted by molar-refractivity contribution is -0.158. The van der Waals surface area contributed by atoms with E-state index in [0.29, 0.717) is 6.42 Å². The lowest BCUT2D eigenvalue weighted by Crippen LogP contribution is -2.56. The molecule has 1 heterocycles. The summed E-state index contributed by atoms with van der Waals surface area (Å²) in [5, 5.41) is 9.17. The van der Waals surface area contributed by atoms with Crippen LogP contribution in [0.5, 0.6) is 0 Å². The van der Waals surface area contributed by atoms with Crippen LogP contribution >= 0.6 is 15.9 Å². The van der Waals surface area contributed by atoms with Gasteiger partial charge in [-0.05, 0) is 44.9 Å². The molecule has 0 aliphatic carbocycles. The molecule has 0 bridgehead atoms. The molecule has 132 valence electrons. The monoisotopic (exact) mass is 399 g/mol. The van der Waals surface area contributed by atoms with Crippen LogP contribution in [-0.4, -0.2) is 53.0 Å². The fourth-order valence-corrected chi connectivity index (χ4v) is 2.72. The molecule has 1 aliphatic heterocycles. The molecule has 2 atom stereocenters. The molecule has 6 nitrogen and oxygen atoms in total. The third kappa shape index (κ3) is 5.21. The van der Waals surface area contributed by atoms with Crippen molar-refractivity contribution in [3.63, 3.8) is 0 Å². The van der Waals surface area contributed by atoms with Gasteiger partial charge in [0.25, 0.3) is 0 Å². The maximum absolute atomic E-state index is 12.5. The number of aliphatic carboxylic acids is 1. The van der Waals surface area contributed by atoms with Gasteiger partial charge >= 0.3 is 12.1 Å². The molecule has 1 aromatic carbocycles. The Labute approximate surface area is 149 Å². The molecular formula is C17H22BrNO5. The van der Waals surface area contributed by atoms with Gasteiger partial charge < -0.3 is 14.6 Å². The fourth-order valence-electron chi connectivity index (χ4n) is 2.45. The minimum atomic E-state index is -1.08. The van der Waals surface area contributed by atoms with Crippen LogP contribution in [0.15, 0.2) is 28.7 Å². The molecular weight excluding hydrogens is 378 g/mol. The molecule has 1 aromatic rings. The van der Waals surface area contributed by atoms with Gasteiger partial charge in [-0.3, -0.25) is 4.90 Å².